The van der Waals surface area contributed by atoms with Gasteiger partial charge in [-0.2, -0.15) is 0 Å². The molecule has 1 saturated heterocycles. The van der Waals surface area contributed by atoms with Gasteiger partial charge in [0.25, 0.3) is 0 Å². The maximum atomic E-state index is 5.51. The highest BCUT2D eigenvalue weighted by Gasteiger charge is 2.24. The van der Waals surface area contributed by atoms with E-state index in [0.29, 0.717) is 6.10 Å². The number of hydrogen-bond donors (Lipinski definition) is 0. The van der Waals surface area contributed by atoms with E-state index in [0.717, 1.165) is 13.0 Å². The largest absolute Gasteiger partial charge is 0.369 e. The maximum absolute atomic E-state index is 5.51. The molecule has 1 heterocycles. The fraction of sp³-hybridized carbons (Fsp3) is 0.583. The van der Waals surface area contributed by atoms with Crippen LogP contribution in [0.1, 0.15) is 33.6 Å². The first-order valence-electron chi connectivity index (χ1n) is 5.11. The molecule has 0 aromatic carbocycles. The normalized spacial score (nSPS) is 25.3. The smallest absolute Gasteiger partial charge is 0.0994 e. The highest BCUT2D eigenvalue weighted by Crippen LogP contribution is 2.29. The zero-order valence-electron chi connectivity index (χ0n) is 8.84. The molecular weight excluding hydrogens is 160 g/mol. The van der Waals surface area contributed by atoms with Crippen molar-refractivity contribution in [3.63, 3.8) is 0 Å². The Labute approximate surface area is 81.5 Å². The third-order valence-corrected chi connectivity index (χ3v) is 2.10. The van der Waals surface area contributed by atoms with Crippen molar-refractivity contribution >= 4 is 0 Å². The van der Waals surface area contributed by atoms with Crippen molar-refractivity contribution in [2.45, 2.75) is 39.7 Å². The summed E-state index contributed by atoms with van der Waals surface area (Å²) in [4.78, 5) is 0. The minimum atomic E-state index is 0.324. The Morgan fingerprint density at radius 1 is 1.38 bits per heavy atom. The monoisotopic (exact) mass is 179 g/mol. The molecule has 1 aliphatic heterocycles. The van der Waals surface area contributed by atoms with Crippen molar-refractivity contribution in [2.75, 3.05) is 6.61 Å². The molecule has 0 bridgehead atoms. The van der Waals surface area contributed by atoms with E-state index >= 15 is 0 Å². The molecule has 0 aromatic heterocycles. The lowest BCUT2D eigenvalue weighted by atomic mass is 9.96. The van der Waals surface area contributed by atoms with Crippen LogP contribution in [0.15, 0.2) is 23.3 Å². The van der Waals surface area contributed by atoms with E-state index in [1.807, 2.05) is 0 Å². The van der Waals surface area contributed by atoms with Gasteiger partial charge in [0.05, 0.1) is 12.7 Å². The molecule has 1 aliphatic carbocycles. The van der Waals surface area contributed by atoms with E-state index in [1.54, 1.807) is 0 Å². The molecule has 0 aromatic rings. The molecule has 2 rings (SSSR count). The van der Waals surface area contributed by atoms with Crippen molar-refractivity contribution in [3.8, 4) is 0 Å². The van der Waals surface area contributed by atoms with Gasteiger partial charge in [-0.15, -0.1) is 0 Å². The van der Waals surface area contributed by atoms with E-state index in [-0.39, 0.29) is 0 Å². The molecule has 2 aliphatic rings. The van der Waals surface area contributed by atoms with Gasteiger partial charge in [-0.05, 0) is 24.5 Å². The van der Waals surface area contributed by atoms with Crippen LogP contribution in [0.25, 0.3) is 0 Å². The van der Waals surface area contributed by atoms with E-state index in [4.69, 9.17) is 4.74 Å². The molecule has 1 fully saturated rings. The van der Waals surface area contributed by atoms with Gasteiger partial charge < -0.3 is 4.74 Å². The molecule has 13 heavy (non-hydrogen) atoms. The molecule has 0 spiro atoms. The highest BCUT2D eigenvalue weighted by molar-refractivity contribution is 5.35. The Bertz CT molecular complexity index is 213. The highest BCUT2D eigenvalue weighted by atomic mass is 16.5. The number of fused-ring (bicyclic) bond motifs is 1. The maximum Gasteiger partial charge on any atom is 0.0994 e. The molecule has 1 atom stereocenters. The van der Waals surface area contributed by atoms with Crippen molar-refractivity contribution < 1.29 is 4.74 Å². The van der Waals surface area contributed by atoms with Crippen molar-refractivity contribution in [1.82, 2.24) is 0 Å². The summed E-state index contributed by atoms with van der Waals surface area (Å²) < 4.78 is 5.51. The third-order valence-electron chi connectivity index (χ3n) is 2.10. The summed E-state index contributed by atoms with van der Waals surface area (Å²) in [5.41, 5.74) is 2.79. The zero-order valence-corrected chi connectivity index (χ0v) is 8.84. The predicted octanol–water partition coefficient (Wildman–Crippen LogP) is 3.28. The first kappa shape index (κ1) is 10.5. The Balaban J connectivity index is 0.000000251. The SMILES string of the molecule is CC1=C[CH]C=C2CCOC12.CCC. The number of ether oxygens (including phenoxy) is 1. The number of rotatable bonds is 0. The van der Waals surface area contributed by atoms with E-state index in [9.17, 15) is 0 Å². The molecular formula is C12H19O. The van der Waals surface area contributed by atoms with Crippen LogP contribution in [0.4, 0.5) is 0 Å². The number of allylic oxidation sites excluding steroid dienone is 2. The standard InChI is InChI=1S/C9H11O.C3H8/c1-7-3-2-4-8-5-6-10-9(7)8;1-3-2/h2-4,9H,5-6H2,1H3;3H2,1-2H3. The summed E-state index contributed by atoms with van der Waals surface area (Å²) in [6, 6.07) is 0. The summed E-state index contributed by atoms with van der Waals surface area (Å²) in [5, 5.41) is 0. The minimum absolute atomic E-state index is 0.324. The molecule has 1 radical (unpaired) electrons. The van der Waals surface area contributed by atoms with Gasteiger partial charge >= 0.3 is 0 Å². The average Bonchev–Trinajstić information content (AvgIpc) is 2.54. The van der Waals surface area contributed by atoms with Crippen molar-refractivity contribution in [2.24, 2.45) is 0 Å². The van der Waals surface area contributed by atoms with Crippen LogP contribution in [0.3, 0.4) is 0 Å². The molecule has 0 amide bonds. The van der Waals surface area contributed by atoms with Crippen LogP contribution in [0.2, 0.25) is 0 Å². The first-order chi connectivity index (χ1) is 6.29. The lowest BCUT2D eigenvalue weighted by Crippen LogP contribution is -2.11. The Morgan fingerprint density at radius 2 is 2.08 bits per heavy atom. The van der Waals surface area contributed by atoms with Gasteiger partial charge in [-0.25, -0.2) is 0 Å². The summed E-state index contributed by atoms with van der Waals surface area (Å²) in [7, 11) is 0. The Kier molecular flexibility index (Phi) is 4.23. The second-order valence-electron chi connectivity index (χ2n) is 3.55. The third kappa shape index (κ3) is 2.70. The van der Waals surface area contributed by atoms with Crippen LogP contribution >= 0.6 is 0 Å². The van der Waals surface area contributed by atoms with E-state index in [2.05, 4.69) is 39.3 Å². The average molecular weight is 179 g/mol. The van der Waals surface area contributed by atoms with Crippen molar-refractivity contribution in [3.05, 3.63) is 29.7 Å². The van der Waals surface area contributed by atoms with Crippen LogP contribution < -0.4 is 0 Å². The summed E-state index contributed by atoms with van der Waals surface area (Å²) in [5.74, 6) is 0. The zero-order chi connectivity index (χ0) is 9.68. The second-order valence-corrected chi connectivity index (χ2v) is 3.55. The molecule has 1 unspecified atom stereocenters. The van der Waals surface area contributed by atoms with Gasteiger partial charge in [-0.1, -0.05) is 32.4 Å². The van der Waals surface area contributed by atoms with Crippen LogP contribution in [0.5, 0.6) is 0 Å². The van der Waals surface area contributed by atoms with Gasteiger partial charge in [0.15, 0.2) is 0 Å². The number of hydrogen-bond acceptors (Lipinski definition) is 1. The lowest BCUT2D eigenvalue weighted by Gasteiger charge is -2.15. The summed E-state index contributed by atoms with van der Waals surface area (Å²) >= 11 is 0. The molecule has 0 N–H and O–H groups in total. The fourth-order valence-electron chi connectivity index (χ4n) is 1.54. The predicted molar refractivity (Wildman–Crippen MR) is 56.5 cm³/mol. The van der Waals surface area contributed by atoms with Crippen LogP contribution in [-0.4, -0.2) is 12.7 Å². The minimum Gasteiger partial charge on any atom is -0.369 e. The van der Waals surface area contributed by atoms with E-state index < -0.39 is 0 Å². The van der Waals surface area contributed by atoms with Gasteiger partial charge in [0.1, 0.15) is 0 Å². The molecule has 1 heteroatoms. The molecule has 73 valence electrons. The van der Waals surface area contributed by atoms with Gasteiger partial charge in [0.2, 0.25) is 0 Å². The van der Waals surface area contributed by atoms with E-state index in [1.165, 1.54) is 17.6 Å². The molecule has 0 saturated carbocycles. The fourth-order valence-corrected chi connectivity index (χ4v) is 1.54. The Morgan fingerprint density at radius 3 is 2.69 bits per heavy atom. The first-order valence-corrected chi connectivity index (χ1v) is 5.11. The van der Waals surface area contributed by atoms with Gasteiger partial charge in [0, 0.05) is 6.42 Å². The lowest BCUT2D eigenvalue weighted by molar-refractivity contribution is 0.148. The summed E-state index contributed by atoms with van der Waals surface area (Å²) in [6.07, 6.45) is 9.09. The van der Waals surface area contributed by atoms with Crippen molar-refractivity contribution in [1.29, 1.82) is 0 Å². The van der Waals surface area contributed by atoms with Crippen LogP contribution in [0, 0.1) is 6.42 Å². The molecule has 1 nitrogen and oxygen atoms in total. The van der Waals surface area contributed by atoms with Gasteiger partial charge in [-0.3, -0.25) is 0 Å². The topological polar surface area (TPSA) is 9.23 Å². The Hall–Kier alpha value is -0.560. The quantitative estimate of drug-likeness (QED) is 0.554. The second kappa shape index (κ2) is 5.23. The van der Waals surface area contributed by atoms with Crippen LogP contribution in [-0.2, 0) is 4.74 Å². The summed E-state index contributed by atoms with van der Waals surface area (Å²) in [6.45, 7) is 7.27.